The van der Waals surface area contributed by atoms with Crippen LogP contribution in [0, 0.1) is 17.2 Å². The minimum Gasteiger partial charge on any atom is -0.475 e. The molecule has 3 rings (SSSR count). The number of amides is 1. The van der Waals surface area contributed by atoms with Crippen LogP contribution in [0.1, 0.15) is 26.7 Å². The van der Waals surface area contributed by atoms with Crippen molar-refractivity contribution in [2.24, 2.45) is 17.6 Å². The molecule has 0 radical (unpaired) electrons. The summed E-state index contributed by atoms with van der Waals surface area (Å²) in [6.45, 7) is 4.82. The van der Waals surface area contributed by atoms with Crippen molar-refractivity contribution >= 4 is 17.3 Å². The Morgan fingerprint density at radius 3 is 2.52 bits per heavy atom. The van der Waals surface area contributed by atoms with E-state index < -0.39 is 41.4 Å². The maximum absolute atomic E-state index is 13.6. The molecule has 11 heteroatoms. The summed E-state index contributed by atoms with van der Waals surface area (Å²) in [7, 11) is 0. The lowest BCUT2D eigenvalue weighted by atomic mass is 9.79. The Hall–Kier alpha value is -2.82. The van der Waals surface area contributed by atoms with Gasteiger partial charge in [0, 0.05) is 36.4 Å². The summed E-state index contributed by atoms with van der Waals surface area (Å²) < 4.78 is 46.2. The van der Waals surface area contributed by atoms with Crippen molar-refractivity contribution in [1.29, 1.82) is 5.41 Å². The SMILES string of the molecule is CC(C)Oc1ccc(N2CCC(C(=N)C3=C(N)NC(=O)[C@H](O)[C@@H]3C(F)(F)F)CC2)cn1. The van der Waals surface area contributed by atoms with Gasteiger partial charge in [-0.25, -0.2) is 4.98 Å². The third kappa shape index (κ3) is 4.92. The van der Waals surface area contributed by atoms with Gasteiger partial charge in [-0.2, -0.15) is 13.2 Å². The monoisotopic (exact) mass is 441 g/mol. The van der Waals surface area contributed by atoms with Crippen LogP contribution >= 0.6 is 0 Å². The van der Waals surface area contributed by atoms with Crippen LogP contribution in [0.5, 0.6) is 5.88 Å². The maximum Gasteiger partial charge on any atom is 0.398 e. The third-order valence-electron chi connectivity index (χ3n) is 5.43. The van der Waals surface area contributed by atoms with Gasteiger partial charge in [0.1, 0.15) is 17.8 Å². The summed E-state index contributed by atoms with van der Waals surface area (Å²) in [5.74, 6) is -4.22. The number of carbonyl (C=O) groups is 1. The van der Waals surface area contributed by atoms with Crippen LogP contribution in [0.2, 0.25) is 0 Å². The number of halogens is 3. The molecule has 31 heavy (non-hydrogen) atoms. The first-order chi connectivity index (χ1) is 14.5. The Bertz CT molecular complexity index is 862. The van der Waals surface area contributed by atoms with Gasteiger partial charge < -0.3 is 31.2 Å². The van der Waals surface area contributed by atoms with Gasteiger partial charge in [-0.15, -0.1) is 0 Å². The van der Waals surface area contributed by atoms with Crippen LogP contribution in [0.3, 0.4) is 0 Å². The van der Waals surface area contributed by atoms with Gasteiger partial charge in [-0.1, -0.05) is 0 Å². The van der Waals surface area contributed by atoms with E-state index in [1.165, 1.54) is 0 Å². The van der Waals surface area contributed by atoms with E-state index in [2.05, 4.69) is 10.3 Å². The number of pyridine rings is 1. The van der Waals surface area contributed by atoms with Gasteiger partial charge in [0.05, 0.1) is 18.0 Å². The number of ether oxygens (including phenoxy) is 1. The number of hydrogen-bond acceptors (Lipinski definition) is 7. The van der Waals surface area contributed by atoms with Gasteiger partial charge in [0.2, 0.25) is 5.88 Å². The molecule has 0 aromatic carbocycles. The van der Waals surface area contributed by atoms with Gasteiger partial charge in [-0.3, -0.25) is 4.79 Å². The number of rotatable bonds is 5. The van der Waals surface area contributed by atoms with Gasteiger partial charge in [-0.05, 0) is 32.8 Å². The average Bonchev–Trinajstić information content (AvgIpc) is 2.69. The van der Waals surface area contributed by atoms with Crippen LogP contribution in [0.15, 0.2) is 29.7 Å². The fourth-order valence-corrected chi connectivity index (χ4v) is 3.92. The second kappa shape index (κ2) is 8.74. The fraction of sp³-hybridized carbons (Fsp3) is 0.550. The van der Waals surface area contributed by atoms with E-state index in [1.807, 2.05) is 24.8 Å². The number of piperidine rings is 1. The summed E-state index contributed by atoms with van der Waals surface area (Å²) in [6.07, 6.45) is -4.71. The van der Waals surface area contributed by atoms with E-state index >= 15 is 0 Å². The number of carbonyl (C=O) groups excluding carboxylic acids is 1. The Kier molecular flexibility index (Phi) is 6.44. The van der Waals surface area contributed by atoms with Crippen LogP contribution in [-0.2, 0) is 4.79 Å². The Morgan fingerprint density at radius 2 is 2.00 bits per heavy atom. The first-order valence-corrected chi connectivity index (χ1v) is 10.0. The van der Waals surface area contributed by atoms with Gasteiger partial charge in [0.15, 0.2) is 0 Å². The summed E-state index contributed by atoms with van der Waals surface area (Å²) in [5.41, 5.74) is 5.67. The molecule has 1 saturated heterocycles. The van der Waals surface area contributed by atoms with E-state index in [4.69, 9.17) is 15.9 Å². The summed E-state index contributed by atoms with van der Waals surface area (Å²) in [4.78, 5) is 17.9. The number of nitrogens with zero attached hydrogens (tertiary/aromatic N) is 2. The number of aliphatic hydroxyl groups excluding tert-OH is 1. The van der Waals surface area contributed by atoms with Gasteiger partial charge in [0.25, 0.3) is 5.91 Å². The fourth-order valence-electron chi connectivity index (χ4n) is 3.92. The number of nitrogens with one attached hydrogen (secondary N) is 2. The van der Waals surface area contributed by atoms with Crippen LogP contribution in [0.25, 0.3) is 0 Å². The second-order valence-corrected chi connectivity index (χ2v) is 7.98. The zero-order valence-corrected chi connectivity index (χ0v) is 17.2. The lowest BCUT2D eigenvalue weighted by Gasteiger charge is -2.37. The average molecular weight is 441 g/mol. The molecule has 0 aliphatic carbocycles. The predicted molar refractivity (Wildman–Crippen MR) is 108 cm³/mol. The molecule has 0 spiro atoms. The maximum atomic E-state index is 13.6. The summed E-state index contributed by atoms with van der Waals surface area (Å²) in [6, 6.07) is 3.62. The molecular weight excluding hydrogens is 415 g/mol. The third-order valence-corrected chi connectivity index (χ3v) is 5.43. The summed E-state index contributed by atoms with van der Waals surface area (Å²) in [5, 5.41) is 20.3. The highest BCUT2D eigenvalue weighted by Gasteiger charge is 2.53. The Labute approximate surface area is 177 Å². The molecule has 1 amide bonds. The summed E-state index contributed by atoms with van der Waals surface area (Å²) >= 11 is 0. The molecule has 170 valence electrons. The Morgan fingerprint density at radius 1 is 1.35 bits per heavy atom. The van der Waals surface area contributed by atoms with Crippen LogP contribution < -0.4 is 20.7 Å². The van der Waals surface area contributed by atoms with E-state index in [9.17, 15) is 23.1 Å². The Balaban J connectivity index is 1.70. The molecule has 2 aliphatic rings. The molecule has 2 atom stereocenters. The number of alkyl halides is 3. The molecule has 0 unspecified atom stereocenters. The first kappa shape index (κ1) is 22.9. The quantitative estimate of drug-likeness (QED) is 0.518. The van der Waals surface area contributed by atoms with Gasteiger partial charge >= 0.3 is 6.18 Å². The standard InChI is InChI=1S/C20H26F3N5O3/c1-10(2)31-13-4-3-12(9-26-13)28-7-5-11(6-8-28)16(24)14-15(20(21,22)23)17(29)19(30)27-18(14)25/h3-4,9-11,15,17,24,29H,5-8,25H2,1-2H3,(H,27,30)/t15-,17-/m1/s1. The molecule has 0 saturated carbocycles. The normalized spacial score (nSPS) is 23.2. The smallest absolute Gasteiger partial charge is 0.398 e. The minimum absolute atomic E-state index is 0.00506. The largest absolute Gasteiger partial charge is 0.475 e. The molecule has 5 N–H and O–H groups in total. The van der Waals surface area contributed by atoms with Crippen molar-refractivity contribution in [3.63, 3.8) is 0 Å². The molecule has 1 aromatic heterocycles. The number of nitrogens with two attached hydrogens (primary N) is 1. The molecule has 8 nitrogen and oxygen atoms in total. The number of aliphatic hydroxyl groups is 1. The molecule has 3 heterocycles. The molecular formula is C20H26F3N5O3. The van der Waals surface area contributed by atoms with Crippen LogP contribution in [-0.4, -0.2) is 53.2 Å². The highest BCUT2D eigenvalue weighted by Crippen LogP contribution is 2.40. The lowest BCUT2D eigenvalue weighted by Crippen LogP contribution is -2.54. The second-order valence-electron chi connectivity index (χ2n) is 7.98. The highest BCUT2D eigenvalue weighted by atomic mass is 19.4. The van der Waals surface area contributed by atoms with Crippen molar-refractivity contribution in [2.45, 2.75) is 45.1 Å². The van der Waals surface area contributed by atoms with E-state index in [0.717, 1.165) is 5.69 Å². The van der Waals surface area contributed by atoms with Crippen molar-refractivity contribution in [1.82, 2.24) is 10.3 Å². The van der Waals surface area contributed by atoms with E-state index in [1.54, 1.807) is 12.3 Å². The lowest BCUT2D eigenvalue weighted by molar-refractivity contribution is -0.192. The molecule has 1 fully saturated rings. The zero-order valence-electron chi connectivity index (χ0n) is 17.2. The molecule has 0 bridgehead atoms. The first-order valence-electron chi connectivity index (χ1n) is 10.0. The van der Waals surface area contributed by atoms with E-state index in [0.29, 0.717) is 31.8 Å². The minimum atomic E-state index is -4.91. The molecule has 2 aliphatic heterocycles. The molecule has 1 aromatic rings. The van der Waals surface area contributed by atoms with Crippen LogP contribution in [0.4, 0.5) is 18.9 Å². The number of aromatic nitrogens is 1. The number of hydrogen-bond donors (Lipinski definition) is 4. The van der Waals surface area contributed by atoms with Crippen molar-refractivity contribution < 1.29 is 27.8 Å². The highest BCUT2D eigenvalue weighted by molar-refractivity contribution is 6.03. The van der Waals surface area contributed by atoms with E-state index in [-0.39, 0.29) is 11.8 Å². The van der Waals surface area contributed by atoms with Crippen molar-refractivity contribution in [3.05, 3.63) is 29.7 Å². The predicted octanol–water partition coefficient (Wildman–Crippen LogP) is 1.94. The number of anilines is 1. The van der Waals surface area contributed by atoms with Crippen molar-refractivity contribution in [2.75, 3.05) is 18.0 Å². The van der Waals surface area contributed by atoms with Crippen molar-refractivity contribution in [3.8, 4) is 5.88 Å². The topological polar surface area (TPSA) is 125 Å². The zero-order chi connectivity index (χ0) is 22.9.